The van der Waals surface area contributed by atoms with Crippen molar-refractivity contribution in [1.29, 1.82) is 0 Å². The number of hydrogen-bond acceptors (Lipinski definition) is 5. The zero-order chi connectivity index (χ0) is 14.5. The van der Waals surface area contributed by atoms with E-state index in [1.54, 1.807) is 13.8 Å². The Hall–Kier alpha value is -0.940. The summed E-state index contributed by atoms with van der Waals surface area (Å²) in [6.45, 7) is 3.73. The smallest absolute Gasteiger partial charge is 0.351 e. The molecule has 5 nitrogen and oxygen atoms in total. The van der Waals surface area contributed by atoms with Gasteiger partial charge in [-0.25, -0.2) is 4.39 Å². The summed E-state index contributed by atoms with van der Waals surface area (Å²) in [6.07, 6.45) is 0. The lowest BCUT2D eigenvalue weighted by Crippen LogP contribution is -2.16. The highest BCUT2D eigenvalue weighted by Gasteiger charge is 2.35. The molecule has 1 atom stereocenters. The molecular formula is C12H19FNO4P. The topological polar surface area (TPSA) is 70.8 Å². The second kappa shape index (κ2) is 7.01. The SMILES string of the molecule is CCOP(=O)(OCC)[C@@H](N)c1cc(F)ccc1OC. The Bertz CT molecular complexity index is 459. The molecule has 0 aliphatic rings. The Balaban J connectivity index is 3.19. The first-order valence-corrected chi connectivity index (χ1v) is 7.57. The summed E-state index contributed by atoms with van der Waals surface area (Å²) in [5.74, 6) is -1.25. The first-order chi connectivity index (χ1) is 8.98. The molecule has 0 aliphatic heterocycles. The summed E-state index contributed by atoms with van der Waals surface area (Å²) < 4.78 is 41.3. The van der Waals surface area contributed by atoms with Crippen LogP contribution < -0.4 is 10.5 Å². The molecule has 0 saturated carbocycles. The third-order valence-corrected chi connectivity index (χ3v) is 4.66. The molecule has 1 aromatic carbocycles. The van der Waals surface area contributed by atoms with E-state index in [4.69, 9.17) is 19.5 Å². The highest BCUT2D eigenvalue weighted by atomic mass is 31.2. The molecule has 0 aliphatic carbocycles. The lowest BCUT2D eigenvalue weighted by atomic mass is 10.2. The molecule has 0 unspecified atom stereocenters. The van der Waals surface area contributed by atoms with Crippen LogP contribution in [0.1, 0.15) is 25.2 Å². The van der Waals surface area contributed by atoms with Gasteiger partial charge in [0.2, 0.25) is 0 Å². The highest BCUT2D eigenvalue weighted by molar-refractivity contribution is 7.54. The number of nitrogens with two attached hydrogens (primary N) is 1. The maximum Gasteiger partial charge on any atom is 0.351 e. The van der Waals surface area contributed by atoms with E-state index in [1.165, 1.54) is 25.3 Å². The molecule has 0 bridgehead atoms. The minimum absolute atomic E-state index is 0.183. The summed E-state index contributed by atoms with van der Waals surface area (Å²) in [5.41, 5.74) is 6.19. The van der Waals surface area contributed by atoms with Gasteiger partial charge in [-0.2, -0.15) is 0 Å². The van der Waals surface area contributed by atoms with Crippen LogP contribution in [0, 0.1) is 5.82 Å². The maximum absolute atomic E-state index is 13.3. The van der Waals surface area contributed by atoms with E-state index in [2.05, 4.69) is 0 Å². The minimum atomic E-state index is -3.56. The van der Waals surface area contributed by atoms with Crippen molar-refractivity contribution in [2.45, 2.75) is 19.6 Å². The van der Waals surface area contributed by atoms with Crippen molar-refractivity contribution in [1.82, 2.24) is 0 Å². The molecule has 0 aromatic heterocycles. The van der Waals surface area contributed by atoms with E-state index in [9.17, 15) is 8.96 Å². The fourth-order valence-electron chi connectivity index (χ4n) is 1.66. The van der Waals surface area contributed by atoms with E-state index in [0.717, 1.165) is 0 Å². The van der Waals surface area contributed by atoms with Crippen molar-refractivity contribution in [2.75, 3.05) is 20.3 Å². The molecule has 0 amide bonds. The van der Waals surface area contributed by atoms with E-state index in [0.29, 0.717) is 5.75 Å². The van der Waals surface area contributed by atoms with Crippen molar-refractivity contribution in [3.05, 3.63) is 29.6 Å². The molecule has 1 aromatic rings. The van der Waals surface area contributed by atoms with Crippen LogP contribution in [0.2, 0.25) is 0 Å². The summed E-state index contributed by atoms with van der Waals surface area (Å²) in [5, 5.41) is 0. The zero-order valence-corrected chi connectivity index (χ0v) is 12.2. The molecular weight excluding hydrogens is 272 g/mol. The van der Waals surface area contributed by atoms with Crippen LogP contribution in [0.4, 0.5) is 4.39 Å². The average Bonchev–Trinajstić information content (AvgIpc) is 2.38. The monoisotopic (exact) mass is 291 g/mol. The molecule has 0 radical (unpaired) electrons. The van der Waals surface area contributed by atoms with E-state index >= 15 is 0 Å². The van der Waals surface area contributed by atoms with Gasteiger partial charge in [-0.3, -0.25) is 4.57 Å². The molecule has 0 spiro atoms. The number of ether oxygens (including phenoxy) is 1. The second-order valence-corrected chi connectivity index (χ2v) is 5.86. The third kappa shape index (κ3) is 3.76. The molecule has 0 heterocycles. The summed E-state index contributed by atoms with van der Waals surface area (Å²) >= 11 is 0. The lowest BCUT2D eigenvalue weighted by Gasteiger charge is -2.24. The van der Waals surface area contributed by atoms with Crippen LogP contribution in [0.5, 0.6) is 5.75 Å². The fourth-order valence-corrected chi connectivity index (χ4v) is 3.32. The summed E-state index contributed by atoms with van der Waals surface area (Å²) in [7, 11) is -2.13. The van der Waals surface area contributed by atoms with Gasteiger partial charge < -0.3 is 19.5 Å². The molecule has 19 heavy (non-hydrogen) atoms. The Morgan fingerprint density at radius 2 is 1.89 bits per heavy atom. The van der Waals surface area contributed by atoms with Crippen molar-refractivity contribution >= 4 is 7.60 Å². The molecule has 2 N–H and O–H groups in total. The van der Waals surface area contributed by atoms with Crippen molar-refractivity contribution in [3.8, 4) is 5.75 Å². The Morgan fingerprint density at radius 3 is 2.37 bits per heavy atom. The zero-order valence-electron chi connectivity index (χ0n) is 11.3. The first kappa shape index (κ1) is 16.1. The van der Waals surface area contributed by atoms with Crippen molar-refractivity contribution in [2.24, 2.45) is 5.73 Å². The van der Waals surface area contributed by atoms with Crippen LogP contribution in [0.15, 0.2) is 18.2 Å². The van der Waals surface area contributed by atoms with Crippen LogP contribution in [0.25, 0.3) is 0 Å². The highest BCUT2D eigenvalue weighted by Crippen LogP contribution is 2.59. The fraction of sp³-hybridized carbons (Fsp3) is 0.500. The normalized spacial score (nSPS) is 13.3. The minimum Gasteiger partial charge on any atom is -0.496 e. The maximum atomic E-state index is 13.3. The van der Waals surface area contributed by atoms with Crippen LogP contribution in [0.3, 0.4) is 0 Å². The van der Waals surface area contributed by atoms with Crippen LogP contribution in [-0.2, 0) is 13.6 Å². The number of halogens is 1. The molecule has 7 heteroatoms. The largest absolute Gasteiger partial charge is 0.496 e. The predicted octanol–water partition coefficient (Wildman–Crippen LogP) is 3.06. The standard InChI is InChI=1S/C12H19FNO4P/c1-4-17-19(15,18-5-2)12(14)10-8-9(13)6-7-11(10)16-3/h6-8,12H,4-5,14H2,1-3H3/t12-/m1/s1. The van der Waals surface area contributed by atoms with Crippen LogP contribution >= 0.6 is 7.60 Å². The van der Waals surface area contributed by atoms with Crippen molar-refractivity contribution < 1.29 is 22.7 Å². The lowest BCUT2D eigenvalue weighted by molar-refractivity contribution is 0.212. The molecule has 108 valence electrons. The van der Waals surface area contributed by atoms with Gasteiger partial charge in [0.05, 0.1) is 20.3 Å². The van der Waals surface area contributed by atoms with Gasteiger partial charge in [-0.05, 0) is 32.0 Å². The van der Waals surface area contributed by atoms with E-state index in [1.807, 2.05) is 0 Å². The number of hydrogen-bond donors (Lipinski definition) is 1. The Kier molecular flexibility index (Phi) is 5.94. The van der Waals surface area contributed by atoms with E-state index < -0.39 is 19.2 Å². The first-order valence-electron chi connectivity index (χ1n) is 5.96. The van der Waals surface area contributed by atoms with Gasteiger partial charge in [0.1, 0.15) is 17.3 Å². The van der Waals surface area contributed by atoms with Gasteiger partial charge in [0.25, 0.3) is 0 Å². The quantitative estimate of drug-likeness (QED) is 0.782. The van der Waals surface area contributed by atoms with Gasteiger partial charge in [-0.15, -0.1) is 0 Å². The van der Waals surface area contributed by atoms with Crippen molar-refractivity contribution in [3.63, 3.8) is 0 Å². The molecule has 0 saturated heterocycles. The number of benzene rings is 1. The predicted molar refractivity (Wildman–Crippen MR) is 70.7 cm³/mol. The molecule has 0 fully saturated rings. The Morgan fingerprint density at radius 1 is 1.32 bits per heavy atom. The average molecular weight is 291 g/mol. The van der Waals surface area contributed by atoms with Gasteiger partial charge >= 0.3 is 7.60 Å². The Labute approximate surface area is 112 Å². The third-order valence-electron chi connectivity index (χ3n) is 2.47. The summed E-state index contributed by atoms with van der Waals surface area (Å²) in [6, 6.07) is 3.84. The van der Waals surface area contributed by atoms with Crippen LogP contribution in [-0.4, -0.2) is 20.3 Å². The number of rotatable bonds is 7. The van der Waals surface area contributed by atoms with Gasteiger partial charge in [0.15, 0.2) is 0 Å². The second-order valence-electron chi connectivity index (χ2n) is 3.71. The summed E-state index contributed by atoms with van der Waals surface area (Å²) in [4.78, 5) is 0. The van der Waals surface area contributed by atoms with E-state index in [-0.39, 0.29) is 18.8 Å². The molecule has 1 rings (SSSR count). The van der Waals surface area contributed by atoms with Gasteiger partial charge in [0, 0.05) is 5.56 Å². The number of methoxy groups -OCH3 is 1. The van der Waals surface area contributed by atoms with Gasteiger partial charge in [-0.1, -0.05) is 0 Å².